The molecule has 3 aromatic heterocycles. The van der Waals surface area contributed by atoms with Gasteiger partial charge in [-0.3, -0.25) is 0 Å². The van der Waals surface area contributed by atoms with Crippen LogP contribution in [0.2, 0.25) is 0 Å². The normalized spacial score (nSPS) is 11.7. The highest BCUT2D eigenvalue weighted by molar-refractivity contribution is 6.22. The van der Waals surface area contributed by atoms with E-state index in [0.29, 0.717) is 17.5 Å². The van der Waals surface area contributed by atoms with E-state index in [1.807, 2.05) is 54.6 Å². The Kier molecular flexibility index (Phi) is 6.79. The third-order valence-electron chi connectivity index (χ3n) is 10.3. The summed E-state index contributed by atoms with van der Waals surface area (Å²) >= 11 is 0. The van der Waals surface area contributed by atoms with Crippen molar-refractivity contribution in [2.75, 3.05) is 0 Å². The summed E-state index contributed by atoms with van der Waals surface area (Å²) < 4.78 is 12.9. The van der Waals surface area contributed by atoms with Crippen molar-refractivity contribution in [1.29, 1.82) is 0 Å². The van der Waals surface area contributed by atoms with Crippen LogP contribution in [0.15, 0.2) is 185 Å². The molecule has 0 atom stereocenters. The smallest absolute Gasteiger partial charge is 0.164 e. The predicted molar refractivity (Wildman–Crippen MR) is 219 cm³/mol. The van der Waals surface area contributed by atoms with Crippen molar-refractivity contribution >= 4 is 54.6 Å². The van der Waals surface area contributed by atoms with Gasteiger partial charge in [-0.05, 0) is 70.1 Å². The van der Waals surface area contributed by atoms with Gasteiger partial charge >= 0.3 is 0 Å². The van der Waals surface area contributed by atoms with E-state index in [1.165, 1.54) is 0 Å². The Morgan fingerprint density at radius 3 is 1.67 bits per heavy atom. The molecule has 54 heavy (non-hydrogen) atoms. The van der Waals surface area contributed by atoms with Gasteiger partial charge in [0.1, 0.15) is 22.3 Å². The average Bonchev–Trinajstić information content (AvgIpc) is 3.83. The lowest BCUT2D eigenvalue weighted by Gasteiger charge is -2.13. The van der Waals surface area contributed by atoms with Crippen LogP contribution in [-0.2, 0) is 0 Å². The van der Waals surface area contributed by atoms with Gasteiger partial charge in [0.15, 0.2) is 17.5 Å². The molecule has 0 spiro atoms. The van der Waals surface area contributed by atoms with E-state index in [9.17, 15) is 0 Å². The maximum absolute atomic E-state index is 6.71. The number of furan rings is 2. The molecule has 0 saturated heterocycles. The fourth-order valence-electron chi connectivity index (χ4n) is 7.77. The minimum Gasteiger partial charge on any atom is -0.456 e. The van der Waals surface area contributed by atoms with Crippen LogP contribution in [0.1, 0.15) is 0 Å². The molecule has 8 aromatic carbocycles. The molecule has 11 aromatic rings. The summed E-state index contributed by atoms with van der Waals surface area (Å²) in [5.74, 6) is 1.73. The summed E-state index contributed by atoms with van der Waals surface area (Å²) in [6.45, 7) is 0. The van der Waals surface area contributed by atoms with Gasteiger partial charge in [0.2, 0.25) is 0 Å². The van der Waals surface area contributed by atoms with Crippen molar-refractivity contribution in [3.63, 3.8) is 0 Å². The molecular weight excluding hydrogens is 663 g/mol. The van der Waals surface area contributed by atoms with Crippen LogP contribution in [0.3, 0.4) is 0 Å². The maximum atomic E-state index is 6.71. The molecule has 11 rings (SSSR count). The summed E-state index contributed by atoms with van der Waals surface area (Å²) in [5.41, 5.74) is 10.4. The quantitative estimate of drug-likeness (QED) is 0.180. The molecule has 0 N–H and O–H groups in total. The summed E-state index contributed by atoms with van der Waals surface area (Å²) in [7, 11) is 0. The number of para-hydroxylation sites is 2. The number of benzene rings is 8. The Bertz CT molecular complexity index is 3220. The Morgan fingerprint density at radius 2 is 0.870 bits per heavy atom. The fraction of sp³-hybridized carbons (Fsp3) is 0. The number of fused-ring (bicyclic) bond motifs is 8. The Labute approximate surface area is 309 Å². The minimum atomic E-state index is 0.568. The first-order valence-electron chi connectivity index (χ1n) is 18.0. The molecule has 5 heteroatoms. The number of aromatic nitrogens is 3. The van der Waals surface area contributed by atoms with Crippen LogP contribution in [0.25, 0.3) is 111 Å². The zero-order chi connectivity index (χ0) is 35.6. The number of hydrogen-bond acceptors (Lipinski definition) is 5. The maximum Gasteiger partial charge on any atom is 0.164 e. The van der Waals surface area contributed by atoms with Gasteiger partial charge in [-0.1, -0.05) is 133 Å². The molecule has 252 valence electrons. The van der Waals surface area contributed by atoms with Crippen LogP contribution in [0.5, 0.6) is 0 Å². The second-order valence-corrected chi connectivity index (χ2v) is 13.6. The van der Waals surface area contributed by atoms with Crippen LogP contribution in [0.4, 0.5) is 0 Å². The lowest BCUT2D eigenvalue weighted by Crippen LogP contribution is -2.01. The van der Waals surface area contributed by atoms with Crippen LogP contribution in [0, 0.1) is 0 Å². The van der Waals surface area contributed by atoms with E-state index in [0.717, 1.165) is 93.6 Å². The molecule has 5 nitrogen and oxygen atoms in total. The highest BCUT2D eigenvalue weighted by Gasteiger charge is 2.22. The Hall–Kier alpha value is -7.37. The van der Waals surface area contributed by atoms with Gasteiger partial charge in [-0.2, -0.15) is 0 Å². The highest BCUT2D eigenvalue weighted by atomic mass is 16.3. The summed E-state index contributed by atoms with van der Waals surface area (Å²) in [6.07, 6.45) is 0. The largest absolute Gasteiger partial charge is 0.456 e. The molecule has 0 amide bonds. The third kappa shape index (κ3) is 4.90. The predicted octanol–water partition coefficient (Wildman–Crippen LogP) is 13.2. The molecule has 0 aliphatic carbocycles. The van der Waals surface area contributed by atoms with E-state index in [2.05, 4.69) is 121 Å². The molecule has 0 fully saturated rings. The fourth-order valence-corrected chi connectivity index (χ4v) is 7.77. The number of rotatable bonds is 5. The summed E-state index contributed by atoms with van der Waals surface area (Å²) in [6, 6.07) is 60.4. The molecule has 0 radical (unpaired) electrons. The topological polar surface area (TPSA) is 65.0 Å². The molecule has 0 unspecified atom stereocenters. The number of nitrogens with zero attached hydrogens (tertiary/aromatic N) is 3. The summed E-state index contributed by atoms with van der Waals surface area (Å²) in [5, 5.41) is 6.14. The van der Waals surface area contributed by atoms with E-state index < -0.39 is 0 Å². The first-order chi connectivity index (χ1) is 26.7. The van der Waals surface area contributed by atoms with Crippen LogP contribution >= 0.6 is 0 Å². The molecular formula is C49H29N3O2. The Morgan fingerprint density at radius 1 is 0.296 bits per heavy atom. The molecule has 0 saturated carbocycles. The van der Waals surface area contributed by atoms with Crippen LogP contribution in [-0.4, -0.2) is 15.0 Å². The molecule has 0 aliphatic heterocycles. The Balaban J connectivity index is 1.22. The standard InChI is InChI=1S/C49H29N3O2/c1-3-13-30(14-4-1)32-17-11-18-33(27-32)47-50-48(34-25-26-44-40(28-34)36-19-7-9-23-42(36)53-44)52-49(51-47)41-29-39-35(31-15-5-2-6-16-31)21-12-22-37(39)46-45(41)38-20-8-10-24-43(38)54-46/h1-29H. The second kappa shape index (κ2) is 12.1. The first kappa shape index (κ1) is 30.3. The van der Waals surface area contributed by atoms with Crippen molar-refractivity contribution in [3.8, 4) is 56.4 Å². The van der Waals surface area contributed by atoms with Crippen molar-refractivity contribution in [3.05, 3.63) is 176 Å². The van der Waals surface area contributed by atoms with Crippen molar-refractivity contribution in [2.24, 2.45) is 0 Å². The van der Waals surface area contributed by atoms with Crippen molar-refractivity contribution in [1.82, 2.24) is 15.0 Å². The monoisotopic (exact) mass is 691 g/mol. The van der Waals surface area contributed by atoms with Crippen LogP contribution < -0.4 is 0 Å². The zero-order valence-electron chi connectivity index (χ0n) is 28.9. The third-order valence-corrected chi connectivity index (χ3v) is 10.3. The van der Waals surface area contributed by atoms with Gasteiger partial charge in [0.05, 0.1) is 0 Å². The molecule has 0 aliphatic rings. The van der Waals surface area contributed by atoms with E-state index in [-0.39, 0.29) is 0 Å². The van der Waals surface area contributed by atoms with Gasteiger partial charge in [0.25, 0.3) is 0 Å². The van der Waals surface area contributed by atoms with E-state index in [4.69, 9.17) is 23.8 Å². The van der Waals surface area contributed by atoms with Gasteiger partial charge < -0.3 is 8.83 Å². The van der Waals surface area contributed by atoms with E-state index >= 15 is 0 Å². The van der Waals surface area contributed by atoms with Gasteiger partial charge in [-0.25, -0.2) is 15.0 Å². The second-order valence-electron chi connectivity index (χ2n) is 13.6. The molecule has 0 bridgehead atoms. The zero-order valence-corrected chi connectivity index (χ0v) is 28.9. The van der Waals surface area contributed by atoms with Gasteiger partial charge in [0, 0.05) is 43.6 Å². The van der Waals surface area contributed by atoms with Crippen molar-refractivity contribution < 1.29 is 8.83 Å². The number of hydrogen-bond donors (Lipinski definition) is 0. The summed E-state index contributed by atoms with van der Waals surface area (Å²) in [4.78, 5) is 15.8. The van der Waals surface area contributed by atoms with Crippen molar-refractivity contribution in [2.45, 2.75) is 0 Å². The SMILES string of the molecule is c1ccc(-c2cccc(-c3nc(-c4ccc5oc6ccccc6c5c4)nc(-c4cc5c(-c6ccccc6)cccc5c5oc6ccccc6c45)n3)c2)cc1. The lowest BCUT2D eigenvalue weighted by atomic mass is 9.93. The molecule has 3 heterocycles. The minimum absolute atomic E-state index is 0.568. The lowest BCUT2D eigenvalue weighted by molar-refractivity contribution is 0.669. The van der Waals surface area contributed by atoms with Gasteiger partial charge in [-0.15, -0.1) is 0 Å². The van der Waals surface area contributed by atoms with E-state index in [1.54, 1.807) is 0 Å². The average molecular weight is 692 g/mol. The first-order valence-corrected chi connectivity index (χ1v) is 18.0. The highest BCUT2D eigenvalue weighted by Crippen LogP contribution is 2.43.